The number of aliphatic hydroxyl groups is 1. The van der Waals surface area contributed by atoms with Crippen LogP contribution in [-0.4, -0.2) is 55.5 Å². The first kappa shape index (κ1) is 15.9. The van der Waals surface area contributed by atoms with Gasteiger partial charge >= 0.3 is 0 Å². The molecule has 1 aliphatic carbocycles. The Kier molecular flexibility index (Phi) is 5.47. The standard InChI is InChI=1S/C18H28N2O2/c1-22-13-18(15-6-7-15)19-10-17(21)12-20-9-8-14-4-2-3-5-16(14)11-20/h2-5,15,17-19,21H,6-13H2,1H3. The smallest absolute Gasteiger partial charge is 0.0791 e. The van der Waals surface area contributed by atoms with E-state index in [1.807, 2.05) is 0 Å². The molecule has 4 nitrogen and oxygen atoms in total. The van der Waals surface area contributed by atoms with Crippen LogP contribution in [0.25, 0.3) is 0 Å². The molecule has 0 spiro atoms. The topological polar surface area (TPSA) is 44.7 Å². The number of ether oxygens (including phenoxy) is 1. The molecule has 0 aromatic heterocycles. The number of aliphatic hydroxyl groups excluding tert-OH is 1. The molecule has 122 valence electrons. The average Bonchev–Trinajstić information content (AvgIpc) is 3.36. The first-order valence-corrected chi connectivity index (χ1v) is 8.46. The third-order valence-electron chi connectivity index (χ3n) is 4.83. The summed E-state index contributed by atoms with van der Waals surface area (Å²) < 4.78 is 5.27. The molecule has 1 heterocycles. The fourth-order valence-corrected chi connectivity index (χ4v) is 3.40. The maximum absolute atomic E-state index is 10.3. The van der Waals surface area contributed by atoms with Gasteiger partial charge in [-0.2, -0.15) is 0 Å². The number of nitrogens with one attached hydrogen (secondary N) is 1. The number of rotatable bonds is 8. The number of β-amino-alcohol motifs (C(OH)–C–C–N with tert-alkyl or cyclic N) is 1. The van der Waals surface area contributed by atoms with Crippen LogP contribution in [-0.2, 0) is 17.7 Å². The van der Waals surface area contributed by atoms with Gasteiger partial charge in [-0.3, -0.25) is 4.90 Å². The second kappa shape index (κ2) is 7.55. The average molecular weight is 304 g/mol. The highest BCUT2D eigenvalue weighted by molar-refractivity contribution is 5.29. The van der Waals surface area contributed by atoms with Crippen molar-refractivity contribution in [2.75, 3.05) is 33.4 Å². The summed E-state index contributed by atoms with van der Waals surface area (Å²) in [4.78, 5) is 2.36. The predicted octanol–water partition coefficient (Wildman–Crippen LogP) is 1.42. The summed E-state index contributed by atoms with van der Waals surface area (Å²) in [6.07, 6.45) is 3.36. The molecular weight excluding hydrogens is 276 g/mol. The Bertz CT molecular complexity index is 476. The van der Waals surface area contributed by atoms with Crippen LogP contribution in [0.15, 0.2) is 24.3 Å². The van der Waals surface area contributed by atoms with E-state index >= 15 is 0 Å². The quantitative estimate of drug-likeness (QED) is 0.762. The van der Waals surface area contributed by atoms with Crippen LogP contribution in [0.4, 0.5) is 0 Å². The highest BCUT2D eigenvalue weighted by Gasteiger charge is 2.31. The number of hydrogen-bond donors (Lipinski definition) is 2. The summed E-state index contributed by atoms with van der Waals surface area (Å²) in [7, 11) is 1.75. The second-order valence-corrected chi connectivity index (χ2v) is 6.72. The van der Waals surface area contributed by atoms with Gasteiger partial charge in [0, 0.05) is 39.3 Å². The molecule has 22 heavy (non-hydrogen) atoms. The van der Waals surface area contributed by atoms with Crippen molar-refractivity contribution in [2.24, 2.45) is 5.92 Å². The lowest BCUT2D eigenvalue weighted by Gasteiger charge is -2.31. The lowest BCUT2D eigenvalue weighted by molar-refractivity contribution is 0.0927. The van der Waals surface area contributed by atoms with Crippen molar-refractivity contribution in [3.63, 3.8) is 0 Å². The van der Waals surface area contributed by atoms with Crippen molar-refractivity contribution in [3.05, 3.63) is 35.4 Å². The Hall–Kier alpha value is -0.940. The van der Waals surface area contributed by atoms with E-state index in [1.54, 1.807) is 7.11 Å². The van der Waals surface area contributed by atoms with Crippen molar-refractivity contribution in [1.82, 2.24) is 10.2 Å². The number of benzene rings is 1. The van der Waals surface area contributed by atoms with Crippen LogP contribution in [0.5, 0.6) is 0 Å². The van der Waals surface area contributed by atoms with E-state index in [-0.39, 0.29) is 6.10 Å². The highest BCUT2D eigenvalue weighted by atomic mass is 16.5. The zero-order chi connectivity index (χ0) is 15.4. The van der Waals surface area contributed by atoms with E-state index in [0.717, 1.165) is 38.6 Å². The minimum absolute atomic E-state index is 0.316. The van der Waals surface area contributed by atoms with Gasteiger partial charge in [0.25, 0.3) is 0 Å². The first-order chi connectivity index (χ1) is 10.8. The molecule has 0 saturated heterocycles. The van der Waals surface area contributed by atoms with E-state index in [9.17, 15) is 5.11 Å². The summed E-state index contributed by atoms with van der Waals surface area (Å²) >= 11 is 0. The van der Waals surface area contributed by atoms with Gasteiger partial charge in [-0.05, 0) is 36.3 Å². The molecule has 2 N–H and O–H groups in total. The van der Waals surface area contributed by atoms with Crippen LogP contribution in [0, 0.1) is 5.92 Å². The summed E-state index contributed by atoms with van der Waals surface area (Å²) in [5, 5.41) is 13.8. The fourth-order valence-electron chi connectivity index (χ4n) is 3.40. The molecule has 1 saturated carbocycles. The highest BCUT2D eigenvalue weighted by Crippen LogP contribution is 2.32. The van der Waals surface area contributed by atoms with E-state index in [4.69, 9.17) is 4.74 Å². The van der Waals surface area contributed by atoms with Crippen molar-refractivity contribution in [3.8, 4) is 0 Å². The van der Waals surface area contributed by atoms with Crippen molar-refractivity contribution in [2.45, 2.75) is 38.0 Å². The molecule has 1 fully saturated rings. The van der Waals surface area contributed by atoms with Crippen LogP contribution in [0.1, 0.15) is 24.0 Å². The number of nitrogens with zero attached hydrogens (tertiary/aromatic N) is 1. The molecule has 1 aliphatic heterocycles. The van der Waals surface area contributed by atoms with Crippen LogP contribution < -0.4 is 5.32 Å². The molecule has 2 atom stereocenters. The summed E-state index contributed by atoms with van der Waals surface area (Å²) in [5.41, 5.74) is 2.87. The first-order valence-electron chi connectivity index (χ1n) is 8.46. The fraction of sp³-hybridized carbons (Fsp3) is 0.667. The van der Waals surface area contributed by atoms with E-state index in [1.165, 1.54) is 24.0 Å². The summed E-state index contributed by atoms with van der Waals surface area (Å²) in [5.74, 6) is 0.744. The van der Waals surface area contributed by atoms with Crippen molar-refractivity contribution >= 4 is 0 Å². The molecule has 2 aliphatic rings. The van der Waals surface area contributed by atoms with Gasteiger partial charge in [0.2, 0.25) is 0 Å². The molecule has 0 bridgehead atoms. The normalized spacial score (nSPS) is 21.4. The molecule has 3 rings (SSSR count). The Morgan fingerprint density at radius 2 is 2.09 bits per heavy atom. The minimum Gasteiger partial charge on any atom is -0.390 e. The van der Waals surface area contributed by atoms with E-state index in [2.05, 4.69) is 34.5 Å². The van der Waals surface area contributed by atoms with Crippen molar-refractivity contribution < 1.29 is 9.84 Å². The SMILES string of the molecule is COCC(NCC(O)CN1CCc2ccccc2C1)C1CC1. The predicted molar refractivity (Wildman–Crippen MR) is 87.8 cm³/mol. The Labute approximate surface area is 133 Å². The van der Waals surface area contributed by atoms with Gasteiger partial charge < -0.3 is 15.2 Å². The maximum atomic E-state index is 10.3. The van der Waals surface area contributed by atoms with Gasteiger partial charge in [0.1, 0.15) is 0 Å². The van der Waals surface area contributed by atoms with Gasteiger partial charge in [-0.15, -0.1) is 0 Å². The number of fused-ring (bicyclic) bond motifs is 1. The van der Waals surface area contributed by atoms with Crippen molar-refractivity contribution in [1.29, 1.82) is 0 Å². The van der Waals surface area contributed by atoms with Gasteiger partial charge in [-0.25, -0.2) is 0 Å². The molecule has 2 unspecified atom stereocenters. The molecule has 0 radical (unpaired) electrons. The van der Waals surface area contributed by atoms with Crippen LogP contribution >= 0.6 is 0 Å². The third kappa shape index (κ3) is 4.29. The molecule has 0 amide bonds. The zero-order valence-corrected chi connectivity index (χ0v) is 13.5. The molecule has 1 aromatic rings. The number of methoxy groups -OCH3 is 1. The lowest BCUT2D eigenvalue weighted by atomic mass is 10.00. The van der Waals surface area contributed by atoms with Gasteiger partial charge in [-0.1, -0.05) is 24.3 Å². The monoisotopic (exact) mass is 304 g/mol. The summed E-state index contributed by atoms with van der Waals surface area (Å²) in [6.45, 7) is 4.14. The third-order valence-corrected chi connectivity index (χ3v) is 4.83. The zero-order valence-electron chi connectivity index (χ0n) is 13.5. The molecular formula is C18H28N2O2. The maximum Gasteiger partial charge on any atom is 0.0791 e. The van der Waals surface area contributed by atoms with Crippen LogP contribution in [0.2, 0.25) is 0 Å². The molecule has 1 aromatic carbocycles. The van der Waals surface area contributed by atoms with Gasteiger partial charge in [0.05, 0.1) is 12.7 Å². The number of hydrogen-bond acceptors (Lipinski definition) is 4. The Morgan fingerprint density at radius 1 is 1.32 bits per heavy atom. The lowest BCUT2D eigenvalue weighted by Crippen LogP contribution is -2.44. The van der Waals surface area contributed by atoms with Crippen LogP contribution in [0.3, 0.4) is 0 Å². The minimum atomic E-state index is -0.316. The summed E-state index contributed by atoms with van der Waals surface area (Å²) in [6, 6.07) is 9.04. The largest absolute Gasteiger partial charge is 0.390 e. The van der Waals surface area contributed by atoms with E-state index < -0.39 is 0 Å². The Morgan fingerprint density at radius 3 is 2.82 bits per heavy atom. The van der Waals surface area contributed by atoms with Gasteiger partial charge in [0.15, 0.2) is 0 Å². The van der Waals surface area contributed by atoms with E-state index in [0.29, 0.717) is 12.6 Å². The Balaban J connectivity index is 1.43. The second-order valence-electron chi connectivity index (χ2n) is 6.72. The molecule has 4 heteroatoms.